The lowest BCUT2D eigenvalue weighted by Gasteiger charge is -2.29. The summed E-state index contributed by atoms with van der Waals surface area (Å²) in [4.78, 5) is 19.6. The van der Waals surface area contributed by atoms with Crippen LogP contribution < -0.4 is 10.2 Å². The van der Waals surface area contributed by atoms with Crippen molar-refractivity contribution in [1.82, 2.24) is 4.98 Å². The maximum atomic E-state index is 14.9. The molecule has 0 aliphatic carbocycles. The molecule has 3 aromatic rings. The molecule has 1 amide bonds. The van der Waals surface area contributed by atoms with Gasteiger partial charge >= 0.3 is 6.18 Å². The van der Waals surface area contributed by atoms with E-state index in [4.69, 9.17) is 9.47 Å². The van der Waals surface area contributed by atoms with Crippen LogP contribution in [0.5, 0.6) is 0 Å². The third kappa shape index (κ3) is 6.87. The molecule has 10 heteroatoms. The van der Waals surface area contributed by atoms with Crippen molar-refractivity contribution in [3.8, 4) is 23.0 Å². The van der Waals surface area contributed by atoms with E-state index < -0.39 is 23.5 Å². The second-order valence-electron chi connectivity index (χ2n) is 10.0. The standard InChI is InChI=1S/C31H29F4N3O3/c1-20-15-26(32)28(37-30(39)22-3-2-4-24(16-22)31(33,34)35)18-25(20)23-17-29(38-9-13-41-14-10-38)27(36-19-23)6-5-21-7-11-40-12-8-21/h2-4,15-19,21H,7-14H2,1H3,(H,37,39). The molecule has 214 valence electrons. The first-order valence-corrected chi connectivity index (χ1v) is 13.4. The van der Waals surface area contributed by atoms with Gasteiger partial charge in [-0.1, -0.05) is 12.0 Å². The Morgan fingerprint density at radius 1 is 1.05 bits per heavy atom. The molecule has 0 unspecified atom stereocenters. The van der Waals surface area contributed by atoms with Gasteiger partial charge in [0, 0.05) is 49.5 Å². The number of aromatic nitrogens is 1. The quantitative estimate of drug-likeness (QED) is 0.306. The van der Waals surface area contributed by atoms with Gasteiger partial charge in [-0.25, -0.2) is 9.37 Å². The maximum Gasteiger partial charge on any atom is 0.416 e. The lowest BCUT2D eigenvalue weighted by atomic mass is 9.99. The summed E-state index contributed by atoms with van der Waals surface area (Å²) in [7, 11) is 0. The van der Waals surface area contributed by atoms with Gasteiger partial charge in [0.05, 0.1) is 30.2 Å². The third-order valence-corrected chi connectivity index (χ3v) is 7.16. The largest absolute Gasteiger partial charge is 0.416 e. The molecular weight excluding hydrogens is 538 g/mol. The summed E-state index contributed by atoms with van der Waals surface area (Å²) in [5.74, 6) is 5.28. The van der Waals surface area contributed by atoms with Gasteiger partial charge in [0.25, 0.3) is 5.91 Å². The average molecular weight is 568 g/mol. The van der Waals surface area contributed by atoms with Crippen molar-refractivity contribution in [3.05, 3.63) is 76.9 Å². The fourth-order valence-corrected chi connectivity index (χ4v) is 4.87. The minimum atomic E-state index is -4.61. The first-order chi connectivity index (χ1) is 19.7. The van der Waals surface area contributed by atoms with Crippen LogP contribution >= 0.6 is 0 Å². The number of benzene rings is 2. The van der Waals surface area contributed by atoms with Crippen LogP contribution in [0, 0.1) is 30.5 Å². The SMILES string of the molecule is Cc1cc(F)c(NC(=O)c2cccc(C(F)(F)F)c2)cc1-c1cnc(C#CC2CCOCC2)c(N2CCOCC2)c1. The van der Waals surface area contributed by atoms with Crippen LogP contribution in [0.2, 0.25) is 0 Å². The number of morpholine rings is 1. The van der Waals surface area contributed by atoms with Crippen molar-refractivity contribution in [1.29, 1.82) is 0 Å². The Balaban J connectivity index is 1.47. The van der Waals surface area contributed by atoms with E-state index in [1.54, 1.807) is 13.1 Å². The molecule has 5 rings (SSSR count). The minimum Gasteiger partial charge on any atom is -0.381 e. The molecular formula is C31H29F4N3O3. The van der Waals surface area contributed by atoms with Gasteiger partial charge in [-0.05, 0) is 73.2 Å². The predicted octanol–water partition coefficient (Wildman–Crippen LogP) is 6.08. The number of carbonyl (C=O) groups excluding carboxylic acids is 1. The van der Waals surface area contributed by atoms with Crippen molar-refractivity contribution < 1.29 is 31.8 Å². The van der Waals surface area contributed by atoms with Gasteiger partial charge in [-0.3, -0.25) is 4.79 Å². The van der Waals surface area contributed by atoms with E-state index in [1.165, 1.54) is 18.2 Å². The molecule has 2 aromatic carbocycles. The Kier molecular flexibility index (Phi) is 8.57. The summed E-state index contributed by atoms with van der Waals surface area (Å²) < 4.78 is 65.3. The Labute approximate surface area is 235 Å². The third-order valence-electron chi connectivity index (χ3n) is 7.16. The molecule has 0 atom stereocenters. The number of nitrogens with one attached hydrogen (secondary N) is 1. The topological polar surface area (TPSA) is 63.7 Å². The number of hydrogen-bond donors (Lipinski definition) is 1. The lowest BCUT2D eigenvalue weighted by Crippen LogP contribution is -2.36. The van der Waals surface area contributed by atoms with Crippen LogP contribution in [0.4, 0.5) is 28.9 Å². The summed E-state index contributed by atoms with van der Waals surface area (Å²) in [6.45, 7) is 5.59. The van der Waals surface area contributed by atoms with Gasteiger partial charge < -0.3 is 19.7 Å². The number of anilines is 2. The highest BCUT2D eigenvalue weighted by Crippen LogP contribution is 2.33. The molecule has 1 aromatic heterocycles. The second kappa shape index (κ2) is 12.3. The van der Waals surface area contributed by atoms with Crippen molar-refractivity contribution in [2.24, 2.45) is 5.92 Å². The second-order valence-corrected chi connectivity index (χ2v) is 10.0. The summed E-state index contributed by atoms with van der Waals surface area (Å²) in [5, 5.41) is 2.43. The lowest BCUT2D eigenvalue weighted by molar-refractivity contribution is -0.137. The van der Waals surface area contributed by atoms with E-state index >= 15 is 0 Å². The number of alkyl halides is 3. The van der Waals surface area contributed by atoms with E-state index in [-0.39, 0.29) is 17.2 Å². The van der Waals surface area contributed by atoms with E-state index in [0.717, 1.165) is 36.7 Å². The molecule has 2 aliphatic heterocycles. The Bertz CT molecular complexity index is 1480. The number of nitrogens with zero attached hydrogens (tertiary/aromatic N) is 2. The molecule has 6 nitrogen and oxygen atoms in total. The maximum absolute atomic E-state index is 14.9. The Morgan fingerprint density at radius 2 is 1.78 bits per heavy atom. The highest BCUT2D eigenvalue weighted by atomic mass is 19.4. The highest BCUT2D eigenvalue weighted by Gasteiger charge is 2.31. The average Bonchev–Trinajstić information content (AvgIpc) is 2.98. The van der Waals surface area contributed by atoms with E-state index in [9.17, 15) is 22.4 Å². The van der Waals surface area contributed by atoms with Crippen LogP contribution in [-0.4, -0.2) is 50.4 Å². The van der Waals surface area contributed by atoms with Crippen molar-refractivity contribution in [2.75, 3.05) is 49.7 Å². The van der Waals surface area contributed by atoms with Crippen LogP contribution in [0.1, 0.15) is 40.0 Å². The van der Waals surface area contributed by atoms with Crippen LogP contribution in [0.3, 0.4) is 0 Å². The van der Waals surface area contributed by atoms with Crippen molar-refractivity contribution in [2.45, 2.75) is 25.9 Å². The first kappa shape index (κ1) is 28.6. The Morgan fingerprint density at radius 3 is 2.51 bits per heavy atom. The molecule has 0 spiro atoms. The zero-order chi connectivity index (χ0) is 29.0. The molecule has 0 radical (unpaired) electrons. The molecule has 2 saturated heterocycles. The van der Waals surface area contributed by atoms with Gasteiger partial charge in [0.1, 0.15) is 11.5 Å². The number of aryl methyl sites for hydroxylation is 1. The summed E-state index contributed by atoms with van der Waals surface area (Å²) in [6, 6.07) is 8.70. The smallest absolute Gasteiger partial charge is 0.381 e. The Hall–Kier alpha value is -3.94. The van der Waals surface area contributed by atoms with Crippen molar-refractivity contribution in [3.63, 3.8) is 0 Å². The molecule has 41 heavy (non-hydrogen) atoms. The number of ether oxygens (including phenoxy) is 2. The van der Waals surface area contributed by atoms with Gasteiger partial charge in [0.2, 0.25) is 0 Å². The molecule has 0 bridgehead atoms. The molecule has 2 fully saturated rings. The van der Waals surface area contributed by atoms with E-state index in [2.05, 4.69) is 27.0 Å². The van der Waals surface area contributed by atoms with E-state index in [0.29, 0.717) is 61.9 Å². The molecule has 2 aliphatic rings. The molecule has 1 N–H and O–H groups in total. The fraction of sp³-hybridized carbons (Fsp3) is 0.355. The zero-order valence-electron chi connectivity index (χ0n) is 22.5. The molecule has 3 heterocycles. The predicted molar refractivity (Wildman–Crippen MR) is 147 cm³/mol. The van der Waals surface area contributed by atoms with Gasteiger partial charge in [0.15, 0.2) is 0 Å². The monoisotopic (exact) mass is 567 g/mol. The summed E-state index contributed by atoms with van der Waals surface area (Å²) in [5.41, 5.74) is 2.05. The number of carbonyl (C=O) groups is 1. The van der Waals surface area contributed by atoms with Crippen molar-refractivity contribution >= 4 is 17.3 Å². The number of halogens is 4. The number of rotatable bonds is 4. The van der Waals surface area contributed by atoms with Crippen LogP contribution in [0.25, 0.3) is 11.1 Å². The number of amides is 1. The van der Waals surface area contributed by atoms with Gasteiger partial charge in [-0.15, -0.1) is 0 Å². The van der Waals surface area contributed by atoms with Crippen LogP contribution in [-0.2, 0) is 15.7 Å². The first-order valence-electron chi connectivity index (χ1n) is 13.4. The molecule has 0 saturated carbocycles. The summed E-state index contributed by atoms with van der Waals surface area (Å²) >= 11 is 0. The van der Waals surface area contributed by atoms with Crippen LogP contribution in [0.15, 0.2) is 48.7 Å². The minimum absolute atomic E-state index is 0.149. The zero-order valence-corrected chi connectivity index (χ0v) is 22.5. The summed E-state index contributed by atoms with van der Waals surface area (Å²) in [6.07, 6.45) is -1.19. The van der Waals surface area contributed by atoms with E-state index in [1.807, 2.05) is 6.07 Å². The number of hydrogen-bond acceptors (Lipinski definition) is 5. The highest BCUT2D eigenvalue weighted by molar-refractivity contribution is 6.04. The normalized spacial score (nSPS) is 16.2. The fourth-order valence-electron chi connectivity index (χ4n) is 4.87. The number of pyridine rings is 1. The van der Waals surface area contributed by atoms with Gasteiger partial charge in [-0.2, -0.15) is 13.2 Å².